The molecule has 7 heteroatoms. The molecule has 3 aliphatic heterocycles. The number of carbonyl (C=O) groups is 1. The molecular formula is C38H51NO6. The van der Waals surface area contributed by atoms with Gasteiger partial charge in [-0.2, -0.15) is 0 Å². The van der Waals surface area contributed by atoms with E-state index in [2.05, 4.69) is 65.6 Å². The maximum atomic E-state index is 14.5. The van der Waals surface area contributed by atoms with Crippen LogP contribution in [-0.4, -0.2) is 67.3 Å². The summed E-state index contributed by atoms with van der Waals surface area (Å²) in [4.78, 5) is 18.4. The van der Waals surface area contributed by atoms with Crippen LogP contribution >= 0.6 is 0 Å². The van der Waals surface area contributed by atoms with Gasteiger partial charge in [0.15, 0.2) is 5.78 Å². The van der Waals surface area contributed by atoms with Gasteiger partial charge >= 0.3 is 0 Å². The Hall–Kier alpha value is -1.77. The van der Waals surface area contributed by atoms with E-state index in [4.69, 9.17) is 14.2 Å². The number of H-pyrrole nitrogens is 1. The van der Waals surface area contributed by atoms with Crippen molar-refractivity contribution in [2.24, 2.45) is 22.7 Å². The van der Waals surface area contributed by atoms with Gasteiger partial charge < -0.3 is 29.4 Å². The van der Waals surface area contributed by atoms with E-state index in [9.17, 15) is 15.0 Å². The lowest BCUT2D eigenvalue weighted by molar-refractivity contribution is -0.270. The van der Waals surface area contributed by atoms with E-state index in [0.717, 1.165) is 43.2 Å². The molecule has 3 saturated heterocycles. The first kappa shape index (κ1) is 29.4. The molecule has 3 N–H and O–H groups in total. The lowest BCUT2D eigenvalue weighted by Crippen LogP contribution is -2.75. The fraction of sp³-hybridized carbons (Fsp3) is 0.763. The number of aromatic nitrogens is 1. The summed E-state index contributed by atoms with van der Waals surface area (Å²) in [5.41, 5.74) is 0.721. The zero-order valence-electron chi connectivity index (χ0n) is 28.5. The molecule has 7 nitrogen and oxygen atoms in total. The zero-order chi connectivity index (χ0) is 32.1. The van der Waals surface area contributed by atoms with E-state index in [1.807, 2.05) is 13.8 Å². The number of benzene rings is 1. The van der Waals surface area contributed by atoms with Gasteiger partial charge in [-0.1, -0.05) is 13.8 Å². The zero-order valence-corrected chi connectivity index (χ0v) is 28.5. The predicted octanol–water partition coefficient (Wildman–Crippen LogP) is 5.94. The molecule has 10 atom stereocenters. The molecule has 2 saturated carbocycles. The van der Waals surface area contributed by atoms with E-state index < -0.39 is 38.8 Å². The Morgan fingerprint density at radius 3 is 2.38 bits per heavy atom. The van der Waals surface area contributed by atoms with Crippen molar-refractivity contribution in [3.05, 3.63) is 34.5 Å². The van der Waals surface area contributed by atoms with Crippen LogP contribution in [-0.2, 0) is 32.5 Å². The number of nitrogens with one attached hydrogen (secondary N) is 1. The second-order valence-corrected chi connectivity index (χ2v) is 18.3. The second-order valence-electron chi connectivity index (χ2n) is 18.3. The summed E-state index contributed by atoms with van der Waals surface area (Å²) in [5.74, 6) is 0.674. The summed E-state index contributed by atoms with van der Waals surface area (Å²) in [6, 6.07) is 4.18. The molecule has 4 aliphatic carbocycles. The van der Waals surface area contributed by atoms with Crippen LogP contribution in [0.3, 0.4) is 0 Å². The Bertz CT molecular complexity index is 1700. The van der Waals surface area contributed by atoms with E-state index >= 15 is 0 Å². The smallest absolute Gasteiger partial charge is 0.172 e. The Labute approximate surface area is 266 Å². The van der Waals surface area contributed by atoms with Crippen LogP contribution in [0.2, 0.25) is 0 Å². The Morgan fingerprint density at radius 2 is 1.67 bits per heavy atom. The number of rotatable bonds is 1. The quantitative estimate of drug-likeness (QED) is 0.343. The number of fused-ring (bicyclic) bond motifs is 10. The first-order valence-corrected chi connectivity index (χ1v) is 17.5. The summed E-state index contributed by atoms with van der Waals surface area (Å²) < 4.78 is 19.8. The molecule has 45 heavy (non-hydrogen) atoms. The number of aromatic amines is 1. The van der Waals surface area contributed by atoms with Gasteiger partial charge in [0.25, 0.3) is 0 Å². The van der Waals surface area contributed by atoms with Crippen molar-refractivity contribution in [2.45, 2.75) is 159 Å². The highest BCUT2D eigenvalue weighted by Crippen LogP contribution is 2.75. The summed E-state index contributed by atoms with van der Waals surface area (Å²) >= 11 is 0. The molecule has 2 aromatic rings. The predicted molar refractivity (Wildman–Crippen MR) is 170 cm³/mol. The van der Waals surface area contributed by atoms with E-state index in [-0.39, 0.29) is 35.4 Å². The molecule has 4 heterocycles. The third-order valence-electron chi connectivity index (χ3n) is 15.6. The maximum absolute atomic E-state index is 14.5. The monoisotopic (exact) mass is 617 g/mol. The molecule has 9 rings (SSSR count). The van der Waals surface area contributed by atoms with Gasteiger partial charge in [0.05, 0.1) is 40.5 Å². The van der Waals surface area contributed by atoms with Crippen molar-refractivity contribution in [1.82, 2.24) is 4.98 Å². The minimum Gasteiger partial charge on any atom is -0.388 e. The third-order valence-corrected chi connectivity index (χ3v) is 15.6. The van der Waals surface area contributed by atoms with Crippen molar-refractivity contribution in [3.63, 3.8) is 0 Å². The second kappa shape index (κ2) is 7.92. The molecule has 1 aromatic carbocycles. The summed E-state index contributed by atoms with van der Waals surface area (Å²) in [5, 5.41) is 25.1. The molecule has 0 amide bonds. The SMILES string of the molecule is CC1(C)OC(C)(C)C2(C)C(=O)c3ccc4[nH]c5c(c4c3CC12)CC1CC[C@]2(O)[C@](C)(CCC3O[C@H](C(C)(C)O)C[C@H]4O[C@@]342)[C@@]51C. The Balaban J connectivity index is 1.17. The minimum absolute atomic E-state index is 0.0791. The van der Waals surface area contributed by atoms with Gasteiger partial charge in [-0.25, -0.2) is 0 Å². The van der Waals surface area contributed by atoms with Crippen molar-refractivity contribution in [2.75, 3.05) is 0 Å². The van der Waals surface area contributed by atoms with E-state index in [1.165, 1.54) is 22.2 Å². The highest BCUT2D eigenvalue weighted by atomic mass is 16.7. The number of Topliss-reactive ketones (excluding diaryl/α,β-unsaturated/α-hetero) is 1. The van der Waals surface area contributed by atoms with Gasteiger partial charge in [0.1, 0.15) is 11.2 Å². The largest absolute Gasteiger partial charge is 0.388 e. The molecule has 1 aromatic heterocycles. The van der Waals surface area contributed by atoms with E-state index in [0.29, 0.717) is 18.8 Å². The summed E-state index contributed by atoms with van der Waals surface area (Å²) in [6.07, 6.45) is 4.98. The maximum Gasteiger partial charge on any atom is 0.172 e. The van der Waals surface area contributed by atoms with Crippen LogP contribution < -0.4 is 0 Å². The van der Waals surface area contributed by atoms with Gasteiger partial charge in [0, 0.05) is 45.3 Å². The first-order valence-electron chi connectivity index (χ1n) is 17.5. The Morgan fingerprint density at radius 1 is 0.933 bits per heavy atom. The van der Waals surface area contributed by atoms with Crippen LogP contribution in [0.15, 0.2) is 12.1 Å². The summed E-state index contributed by atoms with van der Waals surface area (Å²) in [7, 11) is 0. The lowest BCUT2D eigenvalue weighted by Gasteiger charge is -2.66. The number of ketones is 1. The van der Waals surface area contributed by atoms with Crippen LogP contribution in [0.1, 0.15) is 122 Å². The van der Waals surface area contributed by atoms with Crippen molar-refractivity contribution < 1.29 is 29.2 Å². The molecule has 244 valence electrons. The fourth-order valence-electron chi connectivity index (χ4n) is 12.8. The average molecular weight is 618 g/mol. The molecule has 0 radical (unpaired) electrons. The molecule has 1 spiro atoms. The lowest BCUT2D eigenvalue weighted by atomic mass is 9.40. The standard InChI is InChI=1S/C38H51NO6/c1-31(2,41)26-18-27-38(44-27)25(43-26)13-14-34(7)35(8)19(12-15-37(34,38)42)16-22-28-21-17-24-32(3,4)45-33(5,6)36(24,9)30(40)20(21)10-11-23(28)39-29(22)35/h10-11,19,24-27,39,41-42H,12-18H2,1-9H3/t19?,24?,25?,26-,27+,34+,35+,36?,37-,38-/m0/s1. The normalized spacial score (nSPS) is 48.5. The molecular weight excluding hydrogens is 566 g/mol. The number of hydrogen-bond acceptors (Lipinski definition) is 6. The topological polar surface area (TPSA) is 104 Å². The molecule has 0 bridgehead atoms. The van der Waals surface area contributed by atoms with Gasteiger partial charge in [-0.3, -0.25) is 4.79 Å². The minimum atomic E-state index is -1.05. The molecule has 5 fully saturated rings. The highest BCUT2D eigenvalue weighted by Gasteiger charge is 2.85. The van der Waals surface area contributed by atoms with Crippen LogP contribution in [0.4, 0.5) is 0 Å². The van der Waals surface area contributed by atoms with Gasteiger partial charge in [-0.05, 0) is 116 Å². The number of ether oxygens (including phenoxy) is 3. The molecule has 7 aliphatic rings. The fourth-order valence-corrected chi connectivity index (χ4v) is 12.8. The van der Waals surface area contributed by atoms with Crippen molar-refractivity contribution >= 4 is 16.7 Å². The number of hydrogen-bond donors (Lipinski definition) is 3. The number of carbonyl (C=O) groups excluding carboxylic acids is 1. The number of aliphatic hydroxyl groups is 2. The van der Waals surface area contributed by atoms with E-state index in [1.54, 1.807) is 0 Å². The van der Waals surface area contributed by atoms with Crippen molar-refractivity contribution in [3.8, 4) is 0 Å². The van der Waals surface area contributed by atoms with Crippen LogP contribution in [0.25, 0.3) is 10.9 Å². The first-order chi connectivity index (χ1) is 20.8. The van der Waals surface area contributed by atoms with Crippen LogP contribution in [0.5, 0.6) is 0 Å². The van der Waals surface area contributed by atoms with Crippen LogP contribution in [0, 0.1) is 22.7 Å². The highest BCUT2D eigenvalue weighted by molar-refractivity contribution is 6.08. The Kier molecular flexibility index (Phi) is 5.17. The van der Waals surface area contributed by atoms with Gasteiger partial charge in [-0.15, -0.1) is 0 Å². The third kappa shape index (κ3) is 2.95. The number of epoxide rings is 1. The molecule has 4 unspecified atom stereocenters. The van der Waals surface area contributed by atoms with Gasteiger partial charge in [0.2, 0.25) is 0 Å². The average Bonchev–Trinajstić information content (AvgIpc) is 3.43. The van der Waals surface area contributed by atoms with Crippen molar-refractivity contribution in [1.29, 1.82) is 0 Å². The summed E-state index contributed by atoms with van der Waals surface area (Å²) in [6.45, 7) is 18.9.